The van der Waals surface area contributed by atoms with Crippen molar-refractivity contribution in [1.29, 1.82) is 0 Å². The predicted octanol–water partition coefficient (Wildman–Crippen LogP) is 5.33. The summed E-state index contributed by atoms with van der Waals surface area (Å²) in [7, 11) is 4.73. The van der Waals surface area contributed by atoms with Gasteiger partial charge in [0.05, 0.1) is 25.5 Å². The van der Waals surface area contributed by atoms with Crippen molar-refractivity contribution in [3.63, 3.8) is 0 Å². The molecule has 1 fully saturated rings. The van der Waals surface area contributed by atoms with E-state index in [0.717, 1.165) is 51.9 Å². The number of benzene rings is 2. The third-order valence-corrected chi connectivity index (χ3v) is 6.99. The zero-order valence-corrected chi connectivity index (χ0v) is 21.6. The first-order chi connectivity index (χ1) is 18.5. The van der Waals surface area contributed by atoms with Crippen LogP contribution in [0.4, 0.5) is 10.5 Å². The molecule has 0 radical (unpaired) electrons. The number of aromatic amines is 1. The predicted molar refractivity (Wildman–Crippen MR) is 145 cm³/mol. The Morgan fingerprint density at radius 1 is 1.05 bits per heavy atom. The Labute approximate surface area is 220 Å². The van der Waals surface area contributed by atoms with Crippen molar-refractivity contribution >= 4 is 28.7 Å². The first-order valence-electron chi connectivity index (χ1n) is 12.4. The van der Waals surface area contributed by atoms with E-state index in [1.165, 1.54) is 7.11 Å². The zero-order valence-electron chi connectivity index (χ0n) is 21.6. The molecule has 1 saturated heterocycles. The highest BCUT2D eigenvalue weighted by molar-refractivity contribution is 6.04. The summed E-state index contributed by atoms with van der Waals surface area (Å²) in [5.41, 5.74) is 5.05. The van der Waals surface area contributed by atoms with Gasteiger partial charge < -0.3 is 24.1 Å². The molecule has 5 rings (SSSR count). The molecule has 0 unspecified atom stereocenters. The van der Waals surface area contributed by atoms with Crippen molar-refractivity contribution in [2.45, 2.75) is 18.9 Å². The van der Waals surface area contributed by atoms with E-state index in [9.17, 15) is 9.59 Å². The van der Waals surface area contributed by atoms with Crippen molar-refractivity contribution in [3.05, 3.63) is 66.5 Å². The van der Waals surface area contributed by atoms with Gasteiger partial charge in [-0.15, -0.1) is 0 Å². The number of ether oxygens (including phenoxy) is 3. The normalized spacial score (nSPS) is 13.8. The minimum atomic E-state index is -0.641. The van der Waals surface area contributed by atoms with Gasteiger partial charge in [-0.2, -0.15) is 0 Å². The van der Waals surface area contributed by atoms with Crippen LogP contribution in [0.5, 0.6) is 5.75 Å². The number of fused-ring (bicyclic) bond motifs is 1. The minimum Gasteiger partial charge on any atom is -0.496 e. The third-order valence-electron chi connectivity index (χ3n) is 6.99. The molecule has 9 heteroatoms. The lowest BCUT2D eigenvalue weighted by Gasteiger charge is -2.31. The summed E-state index contributed by atoms with van der Waals surface area (Å²) in [6.07, 6.45) is 4.57. The Bertz CT molecular complexity index is 1480. The number of amides is 2. The number of H-pyrrole nitrogens is 1. The van der Waals surface area contributed by atoms with E-state index >= 15 is 0 Å². The van der Waals surface area contributed by atoms with E-state index < -0.39 is 6.09 Å². The molecular formula is C29H30N4O5. The molecule has 0 saturated carbocycles. The summed E-state index contributed by atoms with van der Waals surface area (Å²) in [6.45, 7) is 1.24. The lowest BCUT2D eigenvalue weighted by atomic mass is 9.99. The average molecular weight is 515 g/mol. The van der Waals surface area contributed by atoms with Gasteiger partial charge in [0.1, 0.15) is 11.4 Å². The summed E-state index contributed by atoms with van der Waals surface area (Å²) in [4.78, 5) is 35.3. The second kappa shape index (κ2) is 10.9. The van der Waals surface area contributed by atoms with Crippen LogP contribution in [0.1, 0.15) is 23.2 Å². The SMILES string of the molecule is COC(=O)Nc1ccc(-c2cnc3[nH]cc(-c4ccccc4OC)c3c2)cc1C(=O)N(C)C1CCOCC1. The number of nitrogens with zero attached hydrogens (tertiary/aromatic N) is 2. The molecule has 2 aromatic carbocycles. The Hall–Kier alpha value is -4.37. The second-order valence-electron chi connectivity index (χ2n) is 9.16. The van der Waals surface area contributed by atoms with Crippen molar-refractivity contribution in [2.75, 3.05) is 39.8 Å². The summed E-state index contributed by atoms with van der Waals surface area (Å²) < 4.78 is 15.8. The fourth-order valence-corrected chi connectivity index (χ4v) is 4.85. The molecule has 3 heterocycles. The van der Waals surface area contributed by atoms with Gasteiger partial charge in [0.2, 0.25) is 0 Å². The van der Waals surface area contributed by atoms with Gasteiger partial charge >= 0.3 is 6.09 Å². The van der Waals surface area contributed by atoms with Crippen LogP contribution in [0, 0.1) is 0 Å². The van der Waals surface area contributed by atoms with Crippen molar-refractivity contribution < 1.29 is 23.8 Å². The molecule has 0 spiro atoms. The first kappa shape index (κ1) is 25.3. The lowest BCUT2D eigenvalue weighted by molar-refractivity contribution is 0.0362. The van der Waals surface area contributed by atoms with Gasteiger partial charge in [0.15, 0.2) is 0 Å². The number of anilines is 1. The number of aromatic nitrogens is 2. The molecule has 2 N–H and O–H groups in total. The van der Waals surface area contributed by atoms with Crippen LogP contribution in [0.3, 0.4) is 0 Å². The molecule has 1 aliphatic heterocycles. The summed E-state index contributed by atoms with van der Waals surface area (Å²) in [6, 6.07) is 15.3. The number of pyridine rings is 1. The molecule has 38 heavy (non-hydrogen) atoms. The monoisotopic (exact) mass is 514 g/mol. The van der Waals surface area contributed by atoms with E-state index in [1.807, 2.05) is 42.6 Å². The maximum atomic E-state index is 13.7. The molecule has 2 aromatic heterocycles. The maximum absolute atomic E-state index is 13.7. The molecule has 0 atom stereocenters. The Kier molecular flexibility index (Phi) is 7.28. The van der Waals surface area contributed by atoms with Gasteiger partial charge in [-0.25, -0.2) is 9.78 Å². The Morgan fingerprint density at radius 3 is 2.61 bits per heavy atom. The molecule has 0 bridgehead atoms. The van der Waals surface area contributed by atoms with E-state index in [-0.39, 0.29) is 11.9 Å². The van der Waals surface area contributed by atoms with E-state index in [2.05, 4.69) is 15.3 Å². The van der Waals surface area contributed by atoms with Crippen LogP contribution in [-0.2, 0) is 9.47 Å². The van der Waals surface area contributed by atoms with Gasteiger partial charge in [-0.05, 0) is 42.7 Å². The van der Waals surface area contributed by atoms with E-state index in [0.29, 0.717) is 24.5 Å². The fraction of sp³-hybridized carbons (Fsp3) is 0.276. The number of nitrogens with one attached hydrogen (secondary N) is 2. The number of hydrogen-bond acceptors (Lipinski definition) is 6. The number of carbonyl (C=O) groups excluding carboxylic acids is 2. The number of rotatable bonds is 6. The largest absolute Gasteiger partial charge is 0.496 e. The standard InChI is InChI=1S/C29H30N4O5/c1-33(20-10-12-38-13-11-20)28(34)23-14-18(8-9-25(23)32-29(35)37-3)19-15-22-24(17-31-27(22)30-16-19)21-6-4-5-7-26(21)36-2/h4-9,14-17,20H,10-13H2,1-3H3,(H,30,31)(H,32,35). The highest BCUT2D eigenvalue weighted by atomic mass is 16.5. The second-order valence-corrected chi connectivity index (χ2v) is 9.16. The lowest BCUT2D eigenvalue weighted by Crippen LogP contribution is -2.41. The quantitative estimate of drug-likeness (QED) is 0.360. The van der Waals surface area contributed by atoms with Gasteiger partial charge in [-0.1, -0.05) is 24.3 Å². The highest BCUT2D eigenvalue weighted by Crippen LogP contribution is 2.36. The van der Waals surface area contributed by atoms with Crippen LogP contribution in [0.25, 0.3) is 33.3 Å². The number of hydrogen-bond donors (Lipinski definition) is 2. The van der Waals surface area contributed by atoms with Gasteiger partial charge in [0.25, 0.3) is 5.91 Å². The summed E-state index contributed by atoms with van der Waals surface area (Å²) >= 11 is 0. The van der Waals surface area contributed by atoms with Crippen LogP contribution in [0.15, 0.2) is 60.9 Å². The zero-order chi connectivity index (χ0) is 26.6. The van der Waals surface area contributed by atoms with Crippen LogP contribution < -0.4 is 10.1 Å². The Balaban J connectivity index is 1.56. The molecule has 0 aliphatic carbocycles. The number of para-hydroxylation sites is 1. The first-order valence-corrected chi connectivity index (χ1v) is 12.4. The molecular weight excluding hydrogens is 484 g/mol. The third kappa shape index (κ3) is 4.92. The number of carbonyl (C=O) groups is 2. The summed E-state index contributed by atoms with van der Waals surface area (Å²) in [5.74, 6) is 0.580. The van der Waals surface area contributed by atoms with Gasteiger partial charge in [-0.3, -0.25) is 10.1 Å². The van der Waals surface area contributed by atoms with Gasteiger partial charge in [0, 0.05) is 60.8 Å². The number of methoxy groups -OCH3 is 2. The van der Waals surface area contributed by atoms with Crippen molar-refractivity contribution in [1.82, 2.24) is 14.9 Å². The van der Waals surface area contributed by atoms with Crippen molar-refractivity contribution in [3.8, 4) is 28.0 Å². The molecule has 196 valence electrons. The topological polar surface area (TPSA) is 106 Å². The van der Waals surface area contributed by atoms with E-state index in [4.69, 9.17) is 14.2 Å². The molecule has 2 amide bonds. The van der Waals surface area contributed by atoms with Crippen LogP contribution in [0.2, 0.25) is 0 Å². The minimum absolute atomic E-state index is 0.0622. The maximum Gasteiger partial charge on any atom is 0.411 e. The average Bonchev–Trinajstić information content (AvgIpc) is 3.40. The smallest absolute Gasteiger partial charge is 0.411 e. The van der Waals surface area contributed by atoms with E-state index in [1.54, 1.807) is 37.4 Å². The van der Waals surface area contributed by atoms with Crippen LogP contribution in [-0.4, -0.2) is 67.4 Å². The van der Waals surface area contributed by atoms with Crippen LogP contribution >= 0.6 is 0 Å². The fourth-order valence-electron chi connectivity index (χ4n) is 4.85. The Morgan fingerprint density at radius 2 is 1.84 bits per heavy atom. The molecule has 9 nitrogen and oxygen atoms in total. The molecule has 1 aliphatic rings. The molecule has 4 aromatic rings. The highest BCUT2D eigenvalue weighted by Gasteiger charge is 2.26. The summed E-state index contributed by atoms with van der Waals surface area (Å²) in [5, 5.41) is 3.61. The van der Waals surface area contributed by atoms with Crippen molar-refractivity contribution in [2.24, 2.45) is 0 Å².